The van der Waals surface area contributed by atoms with Crippen molar-refractivity contribution < 1.29 is 4.39 Å². The Balaban J connectivity index is 1.97. The maximum absolute atomic E-state index is 13.4. The molecule has 19 heavy (non-hydrogen) atoms. The third kappa shape index (κ3) is 2.15. The van der Waals surface area contributed by atoms with E-state index >= 15 is 0 Å². The second-order valence-electron chi connectivity index (χ2n) is 4.94. The summed E-state index contributed by atoms with van der Waals surface area (Å²) in [5.41, 5.74) is 3.55. The molecule has 0 aliphatic heterocycles. The van der Waals surface area contributed by atoms with Gasteiger partial charge in [-0.25, -0.2) is 4.39 Å². The van der Waals surface area contributed by atoms with Gasteiger partial charge in [-0.1, -0.05) is 35.9 Å². The third-order valence-corrected chi connectivity index (χ3v) is 4.25. The molecular formula is C16H15ClFN. The number of halogens is 2. The summed E-state index contributed by atoms with van der Waals surface area (Å²) in [6.07, 6.45) is 1.01. The maximum atomic E-state index is 13.4. The van der Waals surface area contributed by atoms with Crippen LogP contribution in [0, 0.1) is 5.82 Å². The molecule has 0 amide bonds. The molecule has 2 aromatic rings. The van der Waals surface area contributed by atoms with Crippen molar-refractivity contribution in [3.05, 3.63) is 70.0 Å². The molecule has 1 aliphatic rings. The predicted molar refractivity (Wildman–Crippen MR) is 76.1 cm³/mol. The van der Waals surface area contributed by atoms with Crippen molar-refractivity contribution in [1.29, 1.82) is 0 Å². The number of likely N-dealkylation sites (N-methyl/N-ethyl adjacent to an activating group) is 1. The Hall–Kier alpha value is -1.38. The van der Waals surface area contributed by atoms with Crippen LogP contribution in [0.2, 0.25) is 5.02 Å². The lowest BCUT2D eigenvalue weighted by atomic mass is 9.72. The molecule has 2 unspecified atom stereocenters. The van der Waals surface area contributed by atoms with E-state index in [-0.39, 0.29) is 11.9 Å². The highest BCUT2D eigenvalue weighted by atomic mass is 35.5. The van der Waals surface area contributed by atoms with Gasteiger partial charge >= 0.3 is 0 Å². The fraction of sp³-hybridized carbons (Fsp3) is 0.250. The van der Waals surface area contributed by atoms with Gasteiger partial charge in [0.25, 0.3) is 0 Å². The number of hydrogen-bond acceptors (Lipinski definition) is 1. The van der Waals surface area contributed by atoms with Crippen molar-refractivity contribution in [3.63, 3.8) is 0 Å². The van der Waals surface area contributed by atoms with E-state index in [0.29, 0.717) is 10.9 Å². The largest absolute Gasteiger partial charge is 0.312 e. The molecule has 3 heteroatoms. The average molecular weight is 276 g/mol. The van der Waals surface area contributed by atoms with Crippen LogP contribution in [0.25, 0.3) is 0 Å². The van der Waals surface area contributed by atoms with Gasteiger partial charge in [0.1, 0.15) is 5.82 Å². The maximum Gasteiger partial charge on any atom is 0.123 e. The standard InChI is InChI=1S/C16H15ClFN/c1-19-16(14-9-11(18)6-7-15(14)17)13-8-10-4-2-3-5-12(10)13/h2-7,9,13,16,19H,8H2,1H3. The number of nitrogens with one attached hydrogen (secondary N) is 1. The topological polar surface area (TPSA) is 12.0 Å². The van der Waals surface area contributed by atoms with E-state index < -0.39 is 0 Å². The van der Waals surface area contributed by atoms with Crippen LogP contribution in [0.4, 0.5) is 4.39 Å². The fourth-order valence-electron chi connectivity index (χ4n) is 2.92. The van der Waals surface area contributed by atoms with Crippen LogP contribution in [0.3, 0.4) is 0 Å². The minimum Gasteiger partial charge on any atom is -0.312 e. The lowest BCUT2D eigenvalue weighted by Crippen LogP contribution is -2.31. The molecule has 0 heterocycles. The van der Waals surface area contributed by atoms with Gasteiger partial charge in [-0.2, -0.15) is 0 Å². The van der Waals surface area contributed by atoms with Crippen LogP contribution < -0.4 is 5.32 Å². The van der Waals surface area contributed by atoms with Crippen LogP contribution in [-0.4, -0.2) is 7.05 Å². The molecule has 1 aliphatic carbocycles. The monoisotopic (exact) mass is 275 g/mol. The number of hydrogen-bond donors (Lipinski definition) is 1. The Morgan fingerprint density at radius 2 is 2.05 bits per heavy atom. The van der Waals surface area contributed by atoms with Crippen molar-refractivity contribution in [2.45, 2.75) is 18.4 Å². The molecule has 0 saturated carbocycles. The lowest BCUT2D eigenvalue weighted by Gasteiger charge is -2.37. The van der Waals surface area contributed by atoms with E-state index in [2.05, 4.69) is 23.5 Å². The Morgan fingerprint density at radius 3 is 2.79 bits per heavy atom. The van der Waals surface area contributed by atoms with E-state index in [1.807, 2.05) is 13.1 Å². The quantitative estimate of drug-likeness (QED) is 0.890. The molecule has 1 N–H and O–H groups in total. The minimum absolute atomic E-state index is 0.0538. The predicted octanol–water partition coefficient (Wildman–Crippen LogP) is 4.08. The van der Waals surface area contributed by atoms with E-state index in [0.717, 1.165) is 12.0 Å². The number of fused-ring (bicyclic) bond motifs is 1. The lowest BCUT2D eigenvalue weighted by molar-refractivity contribution is 0.437. The molecule has 0 radical (unpaired) electrons. The van der Waals surface area contributed by atoms with Gasteiger partial charge in [0, 0.05) is 17.0 Å². The summed E-state index contributed by atoms with van der Waals surface area (Å²) in [5.74, 6) is 0.118. The number of rotatable bonds is 3. The zero-order valence-corrected chi connectivity index (χ0v) is 11.4. The van der Waals surface area contributed by atoms with Gasteiger partial charge < -0.3 is 5.32 Å². The number of benzene rings is 2. The summed E-state index contributed by atoms with van der Waals surface area (Å²) < 4.78 is 13.4. The zero-order chi connectivity index (χ0) is 13.4. The van der Waals surface area contributed by atoms with Gasteiger partial charge in [0.05, 0.1) is 0 Å². The minimum atomic E-state index is -0.243. The third-order valence-electron chi connectivity index (χ3n) is 3.90. The first kappa shape index (κ1) is 12.6. The van der Waals surface area contributed by atoms with Crippen LogP contribution in [0.5, 0.6) is 0 Å². The molecule has 2 atom stereocenters. The summed E-state index contributed by atoms with van der Waals surface area (Å²) >= 11 is 6.22. The first-order valence-corrected chi connectivity index (χ1v) is 6.78. The van der Waals surface area contributed by atoms with Gasteiger partial charge in [0.15, 0.2) is 0 Å². The van der Waals surface area contributed by atoms with E-state index in [1.54, 1.807) is 6.07 Å². The molecule has 0 saturated heterocycles. The van der Waals surface area contributed by atoms with Gasteiger partial charge in [0.2, 0.25) is 0 Å². The Labute approximate surface area is 117 Å². The van der Waals surface area contributed by atoms with E-state index in [4.69, 9.17) is 11.6 Å². The molecule has 2 aromatic carbocycles. The Kier molecular flexibility index (Phi) is 3.29. The molecule has 3 rings (SSSR count). The Morgan fingerprint density at radius 1 is 1.26 bits per heavy atom. The van der Waals surface area contributed by atoms with Crippen LogP contribution in [0.15, 0.2) is 42.5 Å². The SMILES string of the molecule is CNC(c1cc(F)ccc1Cl)C1Cc2ccccc21. The second-order valence-corrected chi connectivity index (χ2v) is 5.35. The zero-order valence-electron chi connectivity index (χ0n) is 10.7. The highest BCUT2D eigenvalue weighted by molar-refractivity contribution is 6.31. The summed E-state index contributed by atoms with van der Waals surface area (Å²) in [7, 11) is 1.90. The second kappa shape index (κ2) is 4.95. The molecule has 0 aromatic heterocycles. The van der Waals surface area contributed by atoms with Crippen molar-refractivity contribution in [2.75, 3.05) is 7.05 Å². The van der Waals surface area contributed by atoms with Crippen LogP contribution in [0.1, 0.15) is 28.7 Å². The Bertz CT molecular complexity index is 611. The summed E-state index contributed by atoms with van der Waals surface area (Å²) in [4.78, 5) is 0. The van der Waals surface area contributed by atoms with Gasteiger partial charge in [-0.3, -0.25) is 0 Å². The first-order valence-electron chi connectivity index (χ1n) is 6.40. The van der Waals surface area contributed by atoms with Gasteiger partial charge in [-0.15, -0.1) is 0 Å². The van der Waals surface area contributed by atoms with Crippen LogP contribution in [-0.2, 0) is 6.42 Å². The van der Waals surface area contributed by atoms with E-state index in [9.17, 15) is 4.39 Å². The summed E-state index contributed by atoms with van der Waals surface area (Å²) in [5, 5.41) is 3.89. The van der Waals surface area contributed by atoms with Crippen LogP contribution >= 0.6 is 11.6 Å². The molecular weight excluding hydrogens is 261 g/mol. The van der Waals surface area contributed by atoms with Gasteiger partial charge in [-0.05, 0) is 48.4 Å². The first-order chi connectivity index (χ1) is 9.20. The molecule has 0 fully saturated rings. The van der Waals surface area contributed by atoms with Crippen molar-refractivity contribution in [3.8, 4) is 0 Å². The molecule has 0 spiro atoms. The highest BCUT2D eigenvalue weighted by Gasteiger charge is 2.33. The van der Waals surface area contributed by atoms with Crippen molar-refractivity contribution in [1.82, 2.24) is 5.32 Å². The van der Waals surface area contributed by atoms with Crippen molar-refractivity contribution >= 4 is 11.6 Å². The van der Waals surface area contributed by atoms with Crippen molar-refractivity contribution in [2.24, 2.45) is 0 Å². The fourth-order valence-corrected chi connectivity index (χ4v) is 3.16. The molecule has 0 bridgehead atoms. The summed E-state index contributed by atoms with van der Waals surface area (Å²) in [6.45, 7) is 0. The summed E-state index contributed by atoms with van der Waals surface area (Å²) in [6, 6.07) is 13.0. The van der Waals surface area contributed by atoms with E-state index in [1.165, 1.54) is 23.3 Å². The molecule has 1 nitrogen and oxygen atoms in total. The highest BCUT2D eigenvalue weighted by Crippen LogP contribution is 2.44. The smallest absolute Gasteiger partial charge is 0.123 e. The molecule has 98 valence electrons. The average Bonchev–Trinajstić information content (AvgIpc) is 2.39. The normalized spacial score (nSPS) is 18.6.